The molecule has 84 valence electrons. The van der Waals surface area contributed by atoms with Crippen LogP contribution in [0.25, 0.3) is 0 Å². The Hall–Kier alpha value is -1.19. The van der Waals surface area contributed by atoms with Crippen molar-refractivity contribution in [3.63, 3.8) is 0 Å². The summed E-state index contributed by atoms with van der Waals surface area (Å²) in [6.07, 6.45) is -0.392. The van der Waals surface area contributed by atoms with Crippen molar-refractivity contribution in [2.75, 3.05) is 7.11 Å². The van der Waals surface area contributed by atoms with E-state index in [2.05, 4.69) is 6.58 Å². The molecule has 0 amide bonds. The van der Waals surface area contributed by atoms with Gasteiger partial charge in [0.05, 0.1) is 18.4 Å². The summed E-state index contributed by atoms with van der Waals surface area (Å²) in [5, 5.41) is 0. The number of ether oxygens (including phenoxy) is 1. The van der Waals surface area contributed by atoms with Gasteiger partial charge in [0.15, 0.2) is 0 Å². The predicted molar refractivity (Wildman–Crippen MR) is 52.2 cm³/mol. The maximum Gasteiger partial charge on any atom is 0.416 e. The van der Waals surface area contributed by atoms with Crippen LogP contribution >= 0.6 is 0 Å². The number of hydrogen-bond acceptors (Lipinski definition) is 1. The highest BCUT2D eigenvalue weighted by Crippen LogP contribution is 2.33. The summed E-state index contributed by atoms with van der Waals surface area (Å²) in [6.45, 7) is 3.59. The Morgan fingerprint density at radius 3 is 2.73 bits per heavy atom. The van der Waals surface area contributed by atoms with Gasteiger partial charge < -0.3 is 4.74 Å². The normalized spacial score (nSPS) is 16.8. The van der Waals surface area contributed by atoms with E-state index in [0.29, 0.717) is 25.0 Å². The molecule has 0 fully saturated rings. The van der Waals surface area contributed by atoms with Gasteiger partial charge in [-0.2, -0.15) is 13.2 Å². The van der Waals surface area contributed by atoms with Crippen LogP contribution < -0.4 is 0 Å². The molecule has 0 saturated carbocycles. The molecule has 0 atom stereocenters. The Kier molecular flexibility index (Phi) is 3.61. The highest BCUT2D eigenvalue weighted by atomic mass is 19.4. The maximum absolute atomic E-state index is 12.4. The average molecular weight is 218 g/mol. The first kappa shape index (κ1) is 11.9. The first-order valence-electron chi connectivity index (χ1n) is 4.62. The maximum atomic E-state index is 12.4. The second kappa shape index (κ2) is 4.55. The SMILES string of the molecule is C=C(CC1=CC(C(F)(F)F)=CCC1)OC. The molecule has 0 aromatic rings. The van der Waals surface area contributed by atoms with Gasteiger partial charge >= 0.3 is 6.18 Å². The van der Waals surface area contributed by atoms with E-state index in [1.807, 2.05) is 0 Å². The summed E-state index contributed by atoms with van der Waals surface area (Å²) >= 11 is 0. The standard InChI is InChI=1S/C11H13F3O/c1-8(15-2)6-9-4-3-5-10(7-9)11(12,13)14/h5,7H,1,3-4,6H2,2H3. The van der Waals surface area contributed by atoms with E-state index in [4.69, 9.17) is 4.74 Å². The van der Waals surface area contributed by atoms with Gasteiger partial charge in [-0.25, -0.2) is 0 Å². The molecule has 0 spiro atoms. The number of allylic oxidation sites excluding steroid dienone is 4. The summed E-state index contributed by atoms with van der Waals surface area (Å²) in [7, 11) is 1.46. The van der Waals surface area contributed by atoms with E-state index in [9.17, 15) is 13.2 Å². The molecule has 1 aliphatic rings. The van der Waals surface area contributed by atoms with Crippen LogP contribution in [-0.4, -0.2) is 13.3 Å². The Bertz CT molecular complexity index is 310. The van der Waals surface area contributed by atoms with Crippen molar-refractivity contribution < 1.29 is 17.9 Å². The molecule has 1 rings (SSSR count). The predicted octanol–water partition coefficient (Wildman–Crippen LogP) is 3.75. The molecular formula is C11H13F3O. The summed E-state index contributed by atoms with van der Waals surface area (Å²) in [5.41, 5.74) is 0.157. The van der Waals surface area contributed by atoms with Crippen molar-refractivity contribution >= 4 is 0 Å². The van der Waals surface area contributed by atoms with Gasteiger partial charge in [0.2, 0.25) is 0 Å². The lowest BCUT2D eigenvalue weighted by Crippen LogP contribution is -2.12. The van der Waals surface area contributed by atoms with Crippen molar-refractivity contribution in [2.45, 2.75) is 25.4 Å². The quantitative estimate of drug-likeness (QED) is 0.655. The van der Waals surface area contributed by atoms with E-state index in [1.54, 1.807) is 0 Å². The van der Waals surface area contributed by atoms with Crippen LogP contribution in [-0.2, 0) is 4.74 Å². The van der Waals surface area contributed by atoms with Crippen molar-refractivity contribution in [2.24, 2.45) is 0 Å². The highest BCUT2D eigenvalue weighted by molar-refractivity contribution is 5.32. The van der Waals surface area contributed by atoms with Gasteiger partial charge in [-0.1, -0.05) is 24.3 Å². The molecule has 4 heteroatoms. The zero-order chi connectivity index (χ0) is 11.5. The summed E-state index contributed by atoms with van der Waals surface area (Å²) in [6, 6.07) is 0. The molecule has 0 heterocycles. The molecule has 0 radical (unpaired) electrons. The average Bonchev–Trinajstić information content (AvgIpc) is 2.17. The second-order valence-electron chi connectivity index (χ2n) is 3.42. The molecule has 0 saturated heterocycles. The van der Waals surface area contributed by atoms with E-state index in [0.717, 1.165) is 5.57 Å². The van der Waals surface area contributed by atoms with Crippen LogP contribution in [0, 0.1) is 0 Å². The Balaban J connectivity index is 2.73. The van der Waals surface area contributed by atoms with Crippen LogP contribution in [0.15, 0.2) is 35.6 Å². The smallest absolute Gasteiger partial charge is 0.416 e. The largest absolute Gasteiger partial charge is 0.501 e. The van der Waals surface area contributed by atoms with Gasteiger partial charge in [-0.3, -0.25) is 0 Å². The Morgan fingerprint density at radius 2 is 2.20 bits per heavy atom. The van der Waals surface area contributed by atoms with Crippen LogP contribution in [0.1, 0.15) is 19.3 Å². The zero-order valence-electron chi connectivity index (χ0n) is 8.53. The molecule has 15 heavy (non-hydrogen) atoms. The highest BCUT2D eigenvalue weighted by Gasteiger charge is 2.32. The third-order valence-corrected chi connectivity index (χ3v) is 2.23. The van der Waals surface area contributed by atoms with Gasteiger partial charge in [-0.15, -0.1) is 0 Å². The third-order valence-electron chi connectivity index (χ3n) is 2.23. The molecule has 0 aliphatic heterocycles. The van der Waals surface area contributed by atoms with Crippen LogP contribution in [0.5, 0.6) is 0 Å². The molecule has 0 aromatic carbocycles. The number of hydrogen-bond donors (Lipinski definition) is 0. The minimum atomic E-state index is -4.25. The summed E-state index contributed by atoms with van der Waals surface area (Å²) in [4.78, 5) is 0. The van der Waals surface area contributed by atoms with E-state index >= 15 is 0 Å². The number of alkyl halides is 3. The molecular weight excluding hydrogens is 205 g/mol. The van der Waals surface area contributed by atoms with E-state index in [-0.39, 0.29) is 0 Å². The number of halogens is 3. The van der Waals surface area contributed by atoms with Crippen molar-refractivity contribution in [3.05, 3.63) is 35.6 Å². The number of rotatable bonds is 3. The molecule has 1 aliphatic carbocycles. The molecule has 0 N–H and O–H groups in total. The summed E-state index contributed by atoms with van der Waals surface area (Å²) in [5.74, 6) is 0.490. The van der Waals surface area contributed by atoms with Gasteiger partial charge in [0.1, 0.15) is 0 Å². The van der Waals surface area contributed by atoms with Crippen LogP contribution in [0.4, 0.5) is 13.2 Å². The summed E-state index contributed by atoms with van der Waals surface area (Å²) < 4.78 is 41.9. The van der Waals surface area contributed by atoms with Gasteiger partial charge in [0.25, 0.3) is 0 Å². The van der Waals surface area contributed by atoms with E-state index in [1.165, 1.54) is 19.3 Å². The molecule has 1 nitrogen and oxygen atoms in total. The monoisotopic (exact) mass is 218 g/mol. The minimum absolute atomic E-state index is 0.379. The number of methoxy groups -OCH3 is 1. The fourth-order valence-corrected chi connectivity index (χ4v) is 1.43. The lowest BCUT2D eigenvalue weighted by Gasteiger charge is -2.16. The topological polar surface area (TPSA) is 9.23 Å². The van der Waals surface area contributed by atoms with Crippen LogP contribution in [0.3, 0.4) is 0 Å². The lowest BCUT2D eigenvalue weighted by molar-refractivity contribution is -0.0887. The Morgan fingerprint density at radius 1 is 1.53 bits per heavy atom. The first-order valence-corrected chi connectivity index (χ1v) is 4.62. The van der Waals surface area contributed by atoms with Crippen LogP contribution in [0.2, 0.25) is 0 Å². The molecule has 0 aromatic heterocycles. The fourth-order valence-electron chi connectivity index (χ4n) is 1.43. The minimum Gasteiger partial charge on any atom is -0.501 e. The zero-order valence-corrected chi connectivity index (χ0v) is 8.53. The molecule has 0 unspecified atom stereocenters. The van der Waals surface area contributed by atoms with Gasteiger partial charge in [-0.05, 0) is 12.8 Å². The Labute approximate surface area is 86.9 Å². The second-order valence-corrected chi connectivity index (χ2v) is 3.42. The fraction of sp³-hybridized carbons (Fsp3) is 0.455. The first-order chi connectivity index (χ1) is 6.93. The lowest BCUT2D eigenvalue weighted by atomic mass is 9.96. The van der Waals surface area contributed by atoms with Crippen molar-refractivity contribution in [1.29, 1.82) is 0 Å². The van der Waals surface area contributed by atoms with Gasteiger partial charge in [0, 0.05) is 6.42 Å². The third kappa shape index (κ3) is 3.46. The molecule has 0 bridgehead atoms. The van der Waals surface area contributed by atoms with Crippen molar-refractivity contribution in [1.82, 2.24) is 0 Å². The van der Waals surface area contributed by atoms with E-state index < -0.39 is 11.7 Å². The van der Waals surface area contributed by atoms with Crippen molar-refractivity contribution in [3.8, 4) is 0 Å².